The molecule has 0 aliphatic carbocycles. The number of carbonyl (C=O) groups is 1. The quantitative estimate of drug-likeness (QED) is 0.349. The largest absolute Gasteiger partial charge is 0.481 e. The topological polar surface area (TPSA) is 55.8 Å². The van der Waals surface area contributed by atoms with E-state index < -0.39 is 12.3 Å². The minimum atomic E-state index is -0.840. The molecule has 2 aromatic rings. The fourth-order valence-corrected chi connectivity index (χ4v) is 3.20. The van der Waals surface area contributed by atoms with Gasteiger partial charge in [0.2, 0.25) is 0 Å². The maximum atomic E-state index is 11.0. The highest BCUT2D eigenvalue weighted by atomic mass is 16.7. The van der Waals surface area contributed by atoms with Gasteiger partial charge in [-0.3, -0.25) is 4.79 Å². The van der Waals surface area contributed by atoms with Crippen LogP contribution in [0.25, 0.3) is 0 Å². The van der Waals surface area contributed by atoms with Gasteiger partial charge in [0.15, 0.2) is 6.29 Å². The first kappa shape index (κ1) is 24.1. The Kier molecular flexibility index (Phi) is 11.2. The normalized spacial score (nSPS) is 11.2. The van der Waals surface area contributed by atoms with E-state index in [9.17, 15) is 4.79 Å². The Hall–Kier alpha value is -2.17. The van der Waals surface area contributed by atoms with Crippen LogP contribution in [0.15, 0.2) is 48.5 Å². The van der Waals surface area contributed by atoms with Gasteiger partial charge in [0.25, 0.3) is 0 Å². The third-order valence-corrected chi connectivity index (χ3v) is 5.15. The Balaban J connectivity index is 1.86. The van der Waals surface area contributed by atoms with E-state index in [0.717, 1.165) is 24.0 Å². The maximum absolute atomic E-state index is 11.0. The van der Waals surface area contributed by atoms with Gasteiger partial charge in [-0.25, -0.2) is 0 Å². The Bertz CT molecular complexity index is 666. The number of ether oxygens (including phenoxy) is 2. The molecule has 0 radical (unpaired) electrons. The zero-order valence-electron chi connectivity index (χ0n) is 18.4. The number of hydrogen-bond acceptors (Lipinski definition) is 3. The average Bonchev–Trinajstić information content (AvgIpc) is 2.77. The molecule has 164 valence electrons. The number of benzene rings is 2. The number of unbranched alkanes of at least 4 members (excludes halogenated alkanes) is 2. The Morgan fingerprint density at radius 2 is 1.17 bits per heavy atom. The van der Waals surface area contributed by atoms with Crippen LogP contribution in [-0.4, -0.2) is 17.4 Å². The predicted octanol–water partition coefficient (Wildman–Crippen LogP) is 6.30. The SMILES string of the molecule is CCCCc1ccc(COC(CCC(=O)O)OCc2ccc(CCCC)cc2)cc1. The lowest BCUT2D eigenvalue weighted by Gasteiger charge is -2.18. The highest BCUT2D eigenvalue weighted by molar-refractivity contribution is 5.66. The number of aliphatic carboxylic acids is 1. The third kappa shape index (κ3) is 9.55. The molecule has 0 aliphatic rings. The second-order valence-corrected chi connectivity index (χ2v) is 7.82. The van der Waals surface area contributed by atoms with Crippen molar-refractivity contribution in [2.24, 2.45) is 0 Å². The Labute approximate surface area is 181 Å². The highest BCUT2D eigenvalue weighted by Crippen LogP contribution is 2.15. The summed E-state index contributed by atoms with van der Waals surface area (Å²) in [6.45, 7) is 5.21. The van der Waals surface area contributed by atoms with E-state index in [1.54, 1.807) is 0 Å². The van der Waals surface area contributed by atoms with Crippen molar-refractivity contribution >= 4 is 5.97 Å². The van der Waals surface area contributed by atoms with Gasteiger partial charge in [0.1, 0.15) is 0 Å². The molecule has 0 spiro atoms. The monoisotopic (exact) mass is 412 g/mol. The van der Waals surface area contributed by atoms with Crippen molar-refractivity contribution in [2.75, 3.05) is 0 Å². The van der Waals surface area contributed by atoms with Crippen LogP contribution >= 0.6 is 0 Å². The summed E-state index contributed by atoms with van der Waals surface area (Å²) in [5, 5.41) is 9.02. The predicted molar refractivity (Wildman–Crippen MR) is 120 cm³/mol. The highest BCUT2D eigenvalue weighted by Gasteiger charge is 2.13. The van der Waals surface area contributed by atoms with Gasteiger partial charge in [0, 0.05) is 6.42 Å². The summed E-state index contributed by atoms with van der Waals surface area (Å²) in [5.41, 5.74) is 4.81. The summed E-state index contributed by atoms with van der Waals surface area (Å²) >= 11 is 0. The fourth-order valence-electron chi connectivity index (χ4n) is 3.20. The van der Waals surface area contributed by atoms with Crippen LogP contribution in [0.5, 0.6) is 0 Å². The van der Waals surface area contributed by atoms with E-state index in [4.69, 9.17) is 14.6 Å². The van der Waals surface area contributed by atoms with Crippen LogP contribution in [0.3, 0.4) is 0 Å². The van der Waals surface area contributed by atoms with Gasteiger partial charge >= 0.3 is 5.97 Å². The standard InChI is InChI=1S/C26H36O4/c1-3-5-7-21-9-13-23(14-10-21)19-29-26(18-17-25(27)28)30-20-24-15-11-22(12-16-24)8-6-4-2/h9-16,26H,3-8,17-20H2,1-2H3,(H,27,28). The van der Waals surface area contributed by atoms with Gasteiger partial charge < -0.3 is 14.6 Å². The number of aryl methyl sites for hydroxylation is 2. The number of hydrogen-bond donors (Lipinski definition) is 1. The van der Waals surface area contributed by atoms with Crippen LogP contribution in [-0.2, 0) is 40.3 Å². The van der Waals surface area contributed by atoms with E-state index in [-0.39, 0.29) is 6.42 Å². The molecule has 0 fully saturated rings. The molecule has 1 N–H and O–H groups in total. The first-order valence-electron chi connectivity index (χ1n) is 11.2. The van der Waals surface area contributed by atoms with Crippen LogP contribution < -0.4 is 0 Å². The molecule has 0 aliphatic heterocycles. The van der Waals surface area contributed by atoms with Crippen LogP contribution in [0.2, 0.25) is 0 Å². The Morgan fingerprint density at radius 1 is 0.767 bits per heavy atom. The molecule has 0 saturated heterocycles. The number of carboxylic acids is 1. The van der Waals surface area contributed by atoms with Gasteiger partial charge in [-0.05, 0) is 47.9 Å². The first-order valence-corrected chi connectivity index (χ1v) is 11.2. The summed E-state index contributed by atoms with van der Waals surface area (Å²) < 4.78 is 11.8. The summed E-state index contributed by atoms with van der Waals surface area (Å²) in [4.78, 5) is 11.0. The van der Waals surface area contributed by atoms with Gasteiger partial charge in [-0.1, -0.05) is 75.2 Å². The van der Waals surface area contributed by atoms with Crippen molar-refractivity contribution < 1.29 is 19.4 Å². The van der Waals surface area contributed by atoms with Gasteiger partial charge in [-0.15, -0.1) is 0 Å². The maximum Gasteiger partial charge on any atom is 0.303 e. The molecule has 0 aromatic heterocycles. The molecule has 0 saturated carbocycles. The lowest BCUT2D eigenvalue weighted by molar-refractivity contribution is -0.165. The lowest BCUT2D eigenvalue weighted by atomic mass is 10.1. The Morgan fingerprint density at radius 3 is 1.53 bits per heavy atom. The molecule has 2 aromatic carbocycles. The van der Waals surface area contributed by atoms with Crippen molar-refractivity contribution in [3.63, 3.8) is 0 Å². The van der Waals surface area contributed by atoms with Crippen molar-refractivity contribution in [2.45, 2.75) is 84.7 Å². The minimum Gasteiger partial charge on any atom is -0.481 e. The molecular weight excluding hydrogens is 376 g/mol. The van der Waals surface area contributed by atoms with E-state index in [0.29, 0.717) is 19.6 Å². The zero-order chi connectivity index (χ0) is 21.6. The second kappa shape index (κ2) is 13.9. The van der Waals surface area contributed by atoms with E-state index in [1.165, 1.54) is 36.8 Å². The van der Waals surface area contributed by atoms with Crippen molar-refractivity contribution in [1.29, 1.82) is 0 Å². The minimum absolute atomic E-state index is 0.0244. The van der Waals surface area contributed by atoms with Gasteiger partial charge in [-0.2, -0.15) is 0 Å². The molecule has 30 heavy (non-hydrogen) atoms. The lowest BCUT2D eigenvalue weighted by Crippen LogP contribution is -2.18. The molecule has 2 rings (SSSR count). The zero-order valence-corrected chi connectivity index (χ0v) is 18.4. The van der Waals surface area contributed by atoms with Crippen LogP contribution in [0.4, 0.5) is 0 Å². The molecule has 0 atom stereocenters. The van der Waals surface area contributed by atoms with E-state index in [2.05, 4.69) is 62.4 Å². The third-order valence-electron chi connectivity index (χ3n) is 5.15. The second-order valence-electron chi connectivity index (χ2n) is 7.82. The van der Waals surface area contributed by atoms with E-state index in [1.807, 2.05) is 0 Å². The molecular formula is C26H36O4. The van der Waals surface area contributed by atoms with Crippen molar-refractivity contribution in [3.8, 4) is 0 Å². The molecule has 0 amide bonds. The molecule has 4 nitrogen and oxygen atoms in total. The van der Waals surface area contributed by atoms with Gasteiger partial charge in [0.05, 0.1) is 19.6 Å². The molecule has 0 bridgehead atoms. The first-order chi connectivity index (χ1) is 14.6. The summed E-state index contributed by atoms with van der Waals surface area (Å²) in [5.74, 6) is -0.840. The summed E-state index contributed by atoms with van der Waals surface area (Å²) in [7, 11) is 0. The summed E-state index contributed by atoms with van der Waals surface area (Å²) in [6, 6.07) is 16.9. The molecule has 0 unspecified atom stereocenters. The van der Waals surface area contributed by atoms with Crippen molar-refractivity contribution in [1.82, 2.24) is 0 Å². The smallest absolute Gasteiger partial charge is 0.303 e. The molecule has 0 heterocycles. The summed E-state index contributed by atoms with van der Waals surface area (Å²) in [6.07, 6.45) is 6.78. The van der Waals surface area contributed by atoms with E-state index >= 15 is 0 Å². The van der Waals surface area contributed by atoms with Crippen LogP contribution in [0.1, 0.15) is 74.6 Å². The van der Waals surface area contributed by atoms with Crippen molar-refractivity contribution in [3.05, 3.63) is 70.8 Å². The molecule has 4 heteroatoms. The fraction of sp³-hybridized carbons (Fsp3) is 0.500. The number of carboxylic acid groups (broad SMARTS) is 1. The number of rotatable bonds is 15. The average molecular weight is 413 g/mol. The van der Waals surface area contributed by atoms with Crippen LogP contribution in [0, 0.1) is 0 Å².